The Morgan fingerprint density at radius 3 is 2.50 bits per heavy atom. The van der Waals surface area contributed by atoms with Gasteiger partial charge in [0.05, 0.1) is 22.7 Å². The van der Waals surface area contributed by atoms with Gasteiger partial charge in [-0.3, -0.25) is 0 Å². The fraction of sp³-hybridized carbons (Fsp3) is 0.0769. The van der Waals surface area contributed by atoms with Crippen molar-refractivity contribution in [2.75, 3.05) is 7.11 Å². The van der Waals surface area contributed by atoms with Gasteiger partial charge in [0.2, 0.25) is 0 Å². The fourth-order valence-electron chi connectivity index (χ4n) is 1.54. The Morgan fingerprint density at radius 2 is 1.86 bits per heavy atom. The van der Waals surface area contributed by atoms with Crippen LogP contribution in [0.2, 0.25) is 10.0 Å². The molecule has 22 heavy (non-hydrogen) atoms. The summed E-state index contributed by atoms with van der Waals surface area (Å²) in [5, 5.41) is 3.85. The normalized spacial score (nSPS) is 11.1. The molecule has 1 aromatic carbocycles. The van der Waals surface area contributed by atoms with Crippen molar-refractivity contribution in [3.05, 3.63) is 52.0 Å². The molecule has 2 rings (SSSR count). The molecule has 0 saturated carbocycles. The highest BCUT2D eigenvalue weighted by atomic mass is 35.5. The lowest BCUT2D eigenvalue weighted by Gasteiger charge is -2.09. The van der Waals surface area contributed by atoms with Gasteiger partial charge in [-0.15, -0.1) is 0 Å². The van der Waals surface area contributed by atoms with Crippen LogP contribution in [-0.2, 0) is 4.84 Å². The van der Waals surface area contributed by atoms with Gasteiger partial charge in [-0.1, -0.05) is 28.4 Å². The molecule has 0 spiro atoms. The molecule has 0 unspecified atom stereocenters. The second-order valence-electron chi connectivity index (χ2n) is 3.92. The predicted molar refractivity (Wildman–Crippen MR) is 81.2 cm³/mol. The summed E-state index contributed by atoms with van der Waals surface area (Å²) in [5.74, 6) is -0.828. The molecule has 0 bridgehead atoms. The van der Waals surface area contributed by atoms with Crippen molar-refractivity contribution in [3.63, 3.8) is 0 Å². The average Bonchev–Trinajstić information content (AvgIpc) is 2.54. The maximum absolute atomic E-state index is 12.1. The Balaban J connectivity index is 2.25. The van der Waals surface area contributed by atoms with Crippen LogP contribution in [0.4, 0.5) is 0 Å². The van der Waals surface area contributed by atoms with Gasteiger partial charge in [0.15, 0.2) is 11.6 Å². The van der Waals surface area contributed by atoms with Gasteiger partial charge < -0.3 is 15.3 Å². The third-order valence-electron chi connectivity index (χ3n) is 2.55. The molecule has 0 aliphatic carbocycles. The molecule has 0 saturated heterocycles. The first-order valence-electron chi connectivity index (χ1n) is 5.86. The summed E-state index contributed by atoms with van der Waals surface area (Å²) in [6.45, 7) is 0. The zero-order valence-corrected chi connectivity index (χ0v) is 12.8. The Labute approximate surface area is 135 Å². The topological polar surface area (TPSA) is 99.7 Å². The fourth-order valence-corrected chi connectivity index (χ4v) is 2.00. The zero-order valence-electron chi connectivity index (χ0n) is 11.3. The summed E-state index contributed by atoms with van der Waals surface area (Å²) in [7, 11) is 1.35. The number of aromatic nitrogens is 2. The van der Waals surface area contributed by atoms with Crippen LogP contribution in [0.25, 0.3) is 0 Å². The number of carbonyl (C=O) groups is 1. The van der Waals surface area contributed by atoms with E-state index in [0.29, 0.717) is 5.56 Å². The summed E-state index contributed by atoms with van der Waals surface area (Å²) in [6, 6.07) is 2.94. The van der Waals surface area contributed by atoms with Gasteiger partial charge in [-0.05, 0) is 12.1 Å². The molecule has 7 nitrogen and oxygen atoms in total. The molecule has 0 radical (unpaired) electrons. The largest absolute Gasteiger partial charge is 0.494 e. The first-order chi connectivity index (χ1) is 10.5. The van der Waals surface area contributed by atoms with Crippen LogP contribution in [0.1, 0.15) is 15.9 Å². The van der Waals surface area contributed by atoms with Crippen LogP contribution in [0.5, 0.6) is 5.75 Å². The molecule has 1 heterocycles. The number of halogens is 2. The Kier molecular flexibility index (Phi) is 5.13. The number of nitrogens with zero attached hydrogens (tertiary/aromatic N) is 3. The maximum Gasteiger partial charge on any atom is 0.371 e. The molecular weight excluding hydrogens is 331 g/mol. The summed E-state index contributed by atoms with van der Waals surface area (Å²) >= 11 is 11.9. The molecule has 0 atom stereocenters. The van der Waals surface area contributed by atoms with Gasteiger partial charge in [-0.25, -0.2) is 14.8 Å². The van der Waals surface area contributed by atoms with Gasteiger partial charge in [-0.2, -0.15) is 0 Å². The van der Waals surface area contributed by atoms with Gasteiger partial charge >= 0.3 is 5.97 Å². The molecule has 0 aliphatic heterocycles. The highest BCUT2D eigenvalue weighted by Gasteiger charge is 2.21. The Bertz CT molecular complexity index is 723. The monoisotopic (exact) mass is 340 g/mol. The van der Waals surface area contributed by atoms with Crippen molar-refractivity contribution in [3.8, 4) is 5.75 Å². The summed E-state index contributed by atoms with van der Waals surface area (Å²) in [5.41, 5.74) is 6.02. The van der Waals surface area contributed by atoms with E-state index in [1.807, 2.05) is 0 Å². The Hall–Kier alpha value is -2.38. The highest BCUT2D eigenvalue weighted by Crippen LogP contribution is 2.34. The van der Waals surface area contributed by atoms with E-state index in [9.17, 15) is 4.79 Å². The molecule has 2 N–H and O–H groups in total. The predicted octanol–water partition coefficient (Wildman–Crippen LogP) is 2.27. The van der Waals surface area contributed by atoms with Crippen LogP contribution < -0.4 is 10.5 Å². The number of hydrogen-bond donors (Lipinski definition) is 1. The third-order valence-corrected chi connectivity index (χ3v) is 3.16. The van der Waals surface area contributed by atoms with Crippen molar-refractivity contribution in [1.82, 2.24) is 9.97 Å². The second kappa shape index (κ2) is 7.06. The van der Waals surface area contributed by atoms with Crippen LogP contribution in [0.15, 0.2) is 36.0 Å². The number of carbonyl (C=O) groups excluding carboxylic acids is 1. The summed E-state index contributed by atoms with van der Waals surface area (Å²) < 4.78 is 5.05. The minimum absolute atomic E-state index is 0.0440. The number of nitrogens with two attached hydrogens (primary N) is 1. The number of oxime groups is 1. The maximum atomic E-state index is 12.1. The lowest BCUT2D eigenvalue weighted by Crippen LogP contribution is -2.16. The summed E-state index contributed by atoms with van der Waals surface area (Å²) in [4.78, 5) is 24.4. The first kappa shape index (κ1) is 16.0. The van der Waals surface area contributed by atoms with Crippen LogP contribution >= 0.6 is 23.2 Å². The number of methoxy groups -OCH3 is 1. The zero-order chi connectivity index (χ0) is 16.1. The smallest absolute Gasteiger partial charge is 0.371 e. The SMILES string of the molecule is COc1c(Cl)ccc(Cl)c1C(=O)O/N=C(\N)c1cncnc1. The van der Waals surface area contributed by atoms with Crippen LogP contribution in [0.3, 0.4) is 0 Å². The van der Waals surface area contributed by atoms with Gasteiger partial charge in [0.1, 0.15) is 11.9 Å². The van der Waals surface area contributed by atoms with Crippen molar-refractivity contribution < 1.29 is 14.4 Å². The van der Waals surface area contributed by atoms with Crippen molar-refractivity contribution in [2.45, 2.75) is 0 Å². The standard InChI is InChI=1S/C13H10Cl2N4O3/c1-21-11-9(15)3-2-8(14)10(11)13(20)22-19-12(16)7-4-17-6-18-5-7/h2-6H,1H3,(H2,16,19). The van der Waals surface area contributed by atoms with Crippen LogP contribution in [-0.4, -0.2) is 28.9 Å². The second-order valence-corrected chi connectivity index (χ2v) is 4.73. The lowest BCUT2D eigenvalue weighted by molar-refractivity contribution is 0.0512. The van der Waals surface area contributed by atoms with Crippen molar-refractivity contribution in [2.24, 2.45) is 10.9 Å². The molecule has 1 aromatic heterocycles. The average molecular weight is 341 g/mol. The van der Waals surface area contributed by atoms with Crippen molar-refractivity contribution in [1.29, 1.82) is 0 Å². The van der Waals surface area contributed by atoms with E-state index in [1.54, 1.807) is 0 Å². The number of benzene rings is 1. The number of hydrogen-bond acceptors (Lipinski definition) is 6. The molecule has 2 aromatic rings. The highest BCUT2D eigenvalue weighted by molar-refractivity contribution is 6.37. The van der Waals surface area contributed by atoms with Crippen molar-refractivity contribution >= 4 is 35.0 Å². The van der Waals surface area contributed by atoms with Crippen LogP contribution in [0, 0.1) is 0 Å². The molecule has 9 heteroatoms. The van der Waals surface area contributed by atoms with E-state index in [-0.39, 0.29) is 27.2 Å². The quantitative estimate of drug-likeness (QED) is 0.396. The van der Waals surface area contributed by atoms with Gasteiger partial charge in [0, 0.05) is 12.4 Å². The molecule has 0 aliphatic rings. The van der Waals surface area contributed by atoms with E-state index in [2.05, 4.69) is 15.1 Å². The molecular formula is C13H10Cl2N4O3. The number of ether oxygens (including phenoxy) is 1. The lowest BCUT2D eigenvalue weighted by atomic mass is 10.2. The van der Waals surface area contributed by atoms with E-state index < -0.39 is 5.97 Å². The molecule has 0 fully saturated rings. The minimum Gasteiger partial charge on any atom is -0.494 e. The first-order valence-corrected chi connectivity index (χ1v) is 6.62. The van der Waals surface area contributed by atoms with E-state index in [0.717, 1.165) is 0 Å². The number of rotatable bonds is 4. The minimum atomic E-state index is -0.857. The Morgan fingerprint density at radius 1 is 1.23 bits per heavy atom. The van der Waals surface area contributed by atoms with E-state index >= 15 is 0 Å². The van der Waals surface area contributed by atoms with E-state index in [4.69, 9.17) is 38.5 Å². The third kappa shape index (κ3) is 3.44. The summed E-state index contributed by atoms with van der Waals surface area (Å²) in [6.07, 6.45) is 4.18. The molecule has 0 amide bonds. The van der Waals surface area contributed by atoms with Gasteiger partial charge in [0.25, 0.3) is 0 Å². The molecule has 114 valence electrons. The van der Waals surface area contributed by atoms with E-state index in [1.165, 1.54) is 38.0 Å². The number of amidine groups is 1.